The van der Waals surface area contributed by atoms with Gasteiger partial charge in [0.05, 0.1) is 6.54 Å². The predicted octanol–water partition coefficient (Wildman–Crippen LogP) is 1.92. The zero-order chi connectivity index (χ0) is 14.4. The molecule has 0 saturated heterocycles. The second-order valence-electron chi connectivity index (χ2n) is 5.14. The van der Waals surface area contributed by atoms with E-state index in [4.69, 9.17) is 0 Å². The predicted molar refractivity (Wildman–Crippen MR) is 82.7 cm³/mol. The third kappa shape index (κ3) is 4.40. The van der Waals surface area contributed by atoms with Crippen molar-refractivity contribution in [2.24, 2.45) is 0 Å². The second-order valence-corrected chi connectivity index (χ2v) is 5.92. The Kier molecular flexibility index (Phi) is 5.70. The van der Waals surface area contributed by atoms with Crippen LogP contribution in [0.1, 0.15) is 18.3 Å². The van der Waals surface area contributed by atoms with Gasteiger partial charge in [-0.25, -0.2) is 9.67 Å². The highest BCUT2D eigenvalue weighted by molar-refractivity contribution is 7.07. The molecule has 2 aromatic rings. The molecule has 0 aliphatic rings. The van der Waals surface area contributed by atoms with Crippen LogP contribution in [0, 0.1) is 0 Å². The molecule has 0 amide bonds. The average molecular weight is 293 g/mol. The van der Waals surface area contributed by atoms with Gasteiger partial charge in [-0.05, 0) is 43.4 Å². The number of nitrogens with zero attached hydrogens (tertiary/aromatic N) is 5. The molecule has 0 unspecified atom stereocenters. The Morgan fingerprint density at radius 2 is 2.10 bits per heavy atom. The van der Waals surface area contributed by atoms with Crippen molar-refractivity contribution in [1.82, 2.24) is 24.6 Å². The quantitative estimate of drug-likeness (QED) is 0.745. The van der Waals surface area contributed by atoms with Gasteiger partial charge in [-0.15, -0.1) is 0 Å². The summed E-state index contributed by atoms with van der Waals surface area (Å²) >= 11 is 1.75. The van der Waals surface area contributed by atoms with Crippen molar-refractivity contribution >= 4 is 11.3 Å². The van der Waals surface area contributed by atoms with Crippen LogP contribution in [0.2, 0.25) is 0 Å². The van der Waals surface area contributed by atoms with E-state index in [1.807, 2.05) is 4.68 Å². The Morgan fingerprint density at radius 3 is 2.75 bits per heavy atom. The maximum Gasteiger partial charge on any atom is 0.141 e. The Labute approximate surface area is 124 Å². The molecule has 0 aliphatic carbocycles. The molecular weight excluding hydrogens is 270 g/mol. The second kappa shape index (κ2) is 7.52. The van der Waals surface area contributed by atoms with Crippen LogP contribution in [0.5, 0.6) is 0 Å². The minimum Gasteiger partial charge on any atom is -0.308 e. The van der Waals surface area contributed by atoms with Gasteiger partial charge in [0.2, 0.25) is 0 Å². The first-order valence-corrected chi connectivity index (χ1v) is 7.88. The van der Waals surface area contributed by atoms with Crippen LogP contribution in [0.15, 0.2) is 23.2 Å². The van der Waals surface area contributed by atoms with Crippen molar-refractivity contribution in [3.05, 3.63) is 34.5 Å². The lowest BCUT2D eigenvalue weighted by atomic mass is 10.3. The lowest BCUT2D eigenvalue weighted by Gasteiger charge is -2.23. The molecule has 0 fully saturated rings. The summed E-state index contributed by atoms with van der Waals surface area (Å²) in [6, 6.07) is 2.19. The summed E-state index contributed by atoms with van der Waals surface area (Å²) in [4.78, 5) is 9.02. The van der Waals surface area contributed by atoms with E-state index in [0.717, 1.165) is 38.5 Å². The molecule has 2 rings (SSSR count). The first kappa shape index (κ1) is 15.2. The van der Waals surface area contributed by atoms with Crippen molar-refractivity contribution in [2.45, 2.75) is 26.6 Å². The molecular formula is C14H23N5S. The summed E-state index contributed by atoms with van der Waals surface area (Å²) in [5, 5.41) is 8.60. The molecule has 0 N–H and O–H groups in total. The summed E-state index contributed by atoms with van der Waals surface area (Å²) in [5.41, 5.74) is 1.37. The van der Waals surface area contributed by atoms with Crippen molar-refractivity contribution < 1.29 is 0 Å². The van der Waals surface area contributed by atoms with Gasteiger partial charge in [-0.3, -0.25) is 4.90 Å². The van der Waals surface area contributed by atoms with Crippen LogP contribution < -0.4 is 0 Å². The Hall–Kier alpha value is -1.24. The van der Waals surface area contributed by atoms with Crippen molar-refractivity contribution in [2.75, 3.05) is 27.2 Å². The van der Waals surface area contributed by atoms with E-state index in [9.17, 15) is 0 Å². The molecule has 0 radical (unpaired) electrons. The van der Waals surface area contributed by atoms with Gasteiger partial charge in [-0.1, -0.05) is 0 Å². The van der Waals surface area contributed by atoms with Gasteiger partial charge in [0.25, 0.3) is 0 Å². The molecule has 0 spiro atoms. The summed E-state index contributed by atoms with van der Waals surface area (Å²) in [6.45, 7) is 6.85. The zero-order valence-corrected chi connectivity index (χ0v) is 13.3. The summed E-state index contributed by atoms with van der Waals surface area (Å²) in [7, 11) is 4.22. The monoisotopic (exact) mass is 293 g/mol. The fourth-order valence-corrected chi connectivity index (χ4v) is 2.73. The van der Waals surface area contributed by atoms with E-state index in [1.54, 1.807) is 17.7 Å². The van der Waals surface area contributed by atoms with Gasteiger partial charge < -0.3 is 4.90 Å². The SMILES string of the molecule is CCn1ncnc1CN(CCN(C)C)Cc1ccsc1. The van der Waals surface area contributed by atoms with E-state index in [2.05, 4.69) is 57.7 Å². The van der Waals surface area contributed by atoms with Crippen LogP contribution in [-0.4, -0.2) is 51.7 Å². The summed E-state index contributed by atoms with van der Waals surface area (Å²) < 4.78 is 1.97. The van der Waals surface area contributed by atoms with Crippen molar-refractivity contribution in [1.29, 1.82) is 0 Å². The average Bonchev–Trinajstić information content (AvgIpc) is 3.07. The molecule has 0 bridgehead atoms. The van der Waals surface area contributed by atoms with Crippen LogP contribution in [0.3, 0.4) is 0 Å². The van der Waals surface area contributed by atoms with Gasteiger partial charge in [0.1, 0.15) is 12.2 Å². The largest absolute Gasteiger partial charge is 0.308 e. The van der Waals surface area contributed by atoms with E-state index >= 15 is 0 Å². The van der Waals surface area contributed by atoms with Crippen molar-refractivity contribution in [3.63, 3.8) is 0 Å². The topological polar surface area (TPSA) is 37.2 Å². The van der Waals surface area contributed by atoms with Crippen molar-refractivity contribution in [3.8, 4) is 0 Å². The number of thiophene rings is 1. The summed E-state index contributed by atoms with van der Waals surface area (Å²) in [5.74, 6) is 1.04. The molecule has 5 nitrogen and oxygen atoms in total. The first-order chi connectivity index (χ1) is 9.69. The van der Waals surface area contributed by atoms with E-state index in [0.29, 0.717) is 0 Å². The van der Waals surface area contributed by atoms with Gasteiger partial charge in [0, 0.05) is 26.2 Å². The maximum absolute atomic E-state index is 4.38. The van der Waals surface area contributed by atoms with E-state index in [-0.39, 0.29) is 0 Å². The number of aryl methyl sites for hydroxylation is 1. The highest BCUT2D eigenvalue weighted by Crippen LogP contribution is 2.11. The number of aromatic nitrogens is 3. The standard InChI is InChI=1S/C14H23N5S/c1-4-19-14(15-12-16-19)10-18(7-6-17(2)3)9-13-5-8-20-11-13/h5,8,11-12H,4,6-7,9-10H2,1-3H3. The third-order valence-corrected chi connectivity index (χ3v) is 3.94. The van der Waals surface area contributed by atoms with E-state index < -0.39 is 0 Å². The number of hydrogen-bond donors (Lipinski definition) is 0. The normalized spacial score (nSPS) is 11.7. The minimum atomic E-state index is 0.845. The molecule has 110 valence electrons. The molecule has 0 atom stereocenters. The fourth-order valence-electron chi connectivity index (χ4n) is 2.07. The molecule has 2 heterocycles. The Bertz CT molecular complexity index is 491. The molecule has 0 saturated carbocycles. The smallest absolute Gasteiger partial charge is 0.141 e. The number of hydrogen-bond acceptors (Lipinski definition) is 5. The number of likely N-dealkylation sites (N-methyl/N-ethyl adjacent to an activating group) is 1. The van der Waals surface area contributed by atoms with Crippen LogP contribution in [0.4, 0.5) is 0 Å². The molecule has 0 aliphatic heterocycles. The van der Waals surface area contributed by atoms with Gasteiger partial charge in [-0.2, -0.15) is 16.4 Å². The maximum atomic E-state index is 4.38. The summed E-state index contributed by atoms with van der Waals surface area (Å²) in [6.07, 6.45) is 1.65. The Morgan fingerprint density at radius 1 is 1.25 bits per heavy atom. The van der Waals surface area contributed by atoms with Gasteiger partial charge in [0.15, 0.2) is 0 Å². The Balaban J connectivity index is 2.01. The minimum absolute atomic E-state index is 0.845. The molecule has 0 aromatic carbocycles. The molecule has 20 heavy (non-hydrogen) atoms. The number of rotatable bonds is 8. The molecule has 2 aromatic heterocycles. The fraction of sp³-hybridized carbons (Fsp3) is 0.571. The lowest BCUT2D eigenvalue weighted by Crippen LogP contribution is -2.32. The van der Waals surface area contributed by atoms with Gasteiger partial charge >= 0.3 is 0 Å². The highest BCUT2D eigenvalue weighted by Gasteiger charge is 2.12. The first-order valence-electron chi connectivity index (χ1n) is 6.94. The van der Waals surface area contributed by atoms with E-state index in [1.165, 1.54) is 5.56 Å². The zero-order valence-electron chi connectivity index (χ0n) is 12.5. The lowest BCUT2D eigenvalue weighted by molar-refractivity contribution is 0.218. The van der Waals surface area contributed by atoms with Crippen LogP contribution in [-0.2, 0) is 19.6 Å². The van der Waals surface area contributed by atoms with Crippen LogP contribution >= 0.6 is 11.3 Å². The highest BCUT2D eigenvalue weighted by atomic mass is 32.1. The molecule has 6 heteroatoms. The van der Waals surface area contributed by atoms with Crippen LogP contribution in [0.25, 0.3) is 0 Å². The third-order valence-electron chi connectivity index (χ3n) is 3.21.